The van der Waals surface area contributed by atoms with E-state index in [1.807, 2.05) is 24.3 Å². The Balaban J connectivity index is 1.35. The normalized spacial score (nSPS) is 10.3. The van der Waals surface area contributed by atoms with E-state index in [2.05, 4.69) is 0 Å². The lowest BCUT2D eigenvalue weighted by molar-refractivity contribution is -0.384. The molecule has 4 aromatic rings. The number of ether oxygens (including phenoxy) is 4. The van der Waals surface area contributed by atoms with Gasteiger partial charge in [-0.2, -0.15) is 0 Å². The van der Waals surface area contributed by atoms with E-state index in [4.69, 9.17) is 18.9 Å². The van der Waals surface area contributed by atoms with Gasteiger partial charge in [0.15, 0.2) is 11.5 Å². The summed E-state index contributed by atoms with van der Waals surface area (Å²) in [7, 11) is 1.58. The number of para-hydroxylation sites is 2. The molecular formula is C27H21NO7. The second-order valence-corrected chi connectivity index (χ2v) is 7.35. The SMILES string of the molecule is COc1ccccc1OCc1ccc(C(=O)Oc2cccc(Oc3ccc([N+](=O)[O-])cc3)c2)cc1. The molecule has 0 aliphatic carbocycles. The molecule has 0 radical (unpaired) electrons. The number of carbonyl (C=O) groups excluding carboxylic acids is 1. The highest BCUT2D eigenvalue weighted by Gasteiger charge is 2.11. The number of non-ortho nitro benzene ring substituents is 1. The summed E-state index contributed by atoms with van der Waals surface area (Å²) in [5.41, 5.74) is 1.23. The van der Waals surface area contributed by atoms with E-state index in [-0.39, 0.29) is 5.69 Å². The maximum absolute atomic E-state index is 12.6. The van der Waals surface area contributed by atoms with Gasteiger partial charge in [0.1, 0.15) is 23.9 Å². The highest BCUT2D eigenvalue weighted by atomic mass is 16.6. The van der Waals surface area contributed by atoms with Crippen molar-refractivity contribution in [2.24, 2.45) is 0 Å². The standard InChI is InChI=1S/C27H21NO7/c1-32-25-7-2-3-8-26(25)33-18-19-9-11-20(12-10-19)27(29)35-24-6-4-5-23(17-24)34-22-15-13-21(14-16-22)28(30)31/h2-17H,18H2,1H3. The fraction of sp³-hybridized carbons (Fsp3) is 0.0741. The maximum Gasteiger partial charge on any atom is 0.343 e. The number of hydrogen-bond donors (Lipinski definition) is 0. The van der Waals surface area contributed by atoms with Gasteiger partial charge in [0.25, 0.3) is 5.69 Å². The average Bonchev–Trinajstić information content (AvgIpc) is 2.88. The fourth-order valence-corrected chi connectivity index (χ4v) is 3.18. The summed E-state index contributed by atoms with van der Waals surface area (Å²) in [5.74, 6) is 1.91. The Morgan fingerprint density at radius 1 is 0.800 bits per heavy atom. The molecule has 0 saturated heterocycles. The second-order valence-electron chi connectivity index (χ2n) is 7.35. The first-order chi connectivity index (χ1) is 17.0. The molecule has 176 valence electrons. The highest BCUT2D eigenvalue weighted by Crippen LogP contribution is 2.28. The number of rotatable bonds is 9. The van der Waals surface area contributed by atoms with Crippen molar-refractivity contribution in [3.63, 3.8) is 0 Å². The van der Waals surface area contributed by atoms with E-state index >= 15 is 0 Å². The number of methoxy groups -OCH3 is 1. The van der Waals surface area contributed by atoms with Crippen LogP contribution in [0.1, 0.15) is 15.9 Å². The number of hydrogen-bond acceptors (Lipinski definition) is 7. The lowest BCUT2D eigenvalue weighted by Crippen LogP contribution is -2.08. The number of benzene rings is 4. The van der Waals surface area contributed by atoms with Crippen LogP contribution in [-0.4, -0.2) is 18.0 Å². The number of nitro benzene ring substituents is 1. The Morgan fingerprint density at radius 3 is 2.17 bits per heavy atom. The summed E-state index contributed by atoms with van der Waals surface area (Å²) in [6.45, 7) is 0.317. The van der Waals surface area contributed by atoms with E-state index in [1.54, 1.807) is 55.6 Å². The van der Waals surface area contributed by atoms with Crippen molar-refractivity contribution in [1.29, 1.82) is 0 Å². The summed E-state index contributed by atoms with van der Waals surface area (Å²) in [6, 6.07) is 26.6. The van der Waals surface area contributed by atoms with Gasteiger partial charge in [-0.05, 0) is 54.1 Å². The molecular weight excluding hydrogens is 450 g/mol. The van der Waals surface area contributed by atoms with Gasteiger partial charge >= 0.3 is 5.97 Å². The Hall–Kier alpha value is -4.85. The monoisotopic (exact) mass is 471 g/mol. The Kier molecular flexibility index (Phi) is 7.22. The topological polar surface area (TPSA) is 97.1 Å². The molecule has 0 saturated carbocycles. The average molecular weight is 471 g/mol. The molecule has 8 nitrogen and oxygen atoms in total. The van der Waals surface area contributed by atoms with Crippen LogP contribution in [0, 0.1) is 10.1 Å². The van der Waals surface area contributed by atoms with Crippen LogP contribution in [0.3, 0.4) is 0 Å². The fourth-order valence-electron chi connectivity index (χ4n) is 3.18. The molecule has 0 bridgehead atoms. The van der Waals surface area contributed by atoms with E-state index < -0.39 is 10.9 Å². The van der Waals surface area contributed by atoms with Crippen LogP contribution < -0.4 is 18.9 Å². The molecule has 0 aromatic heterocycles. The smallest absolute Gasteiger partial charge is 0.343 e. The minimum absolute atomic E-state index is 0.0302. The third-order valence-corrected chi connectivity index (χ3v) is 4.95. The molecule has 0 fully saturated rings. The van der Waals surface area contributed by atoms with Crippen molar-refractivity contribution in [3.05, 3.63) is 118 Å². The number of nitro groups is 1. The Morgan fingerprint density at radius 2 is 1.49 bits per heavy atom. The van der Waals surface area contributed by atoms with Crippen molar-refractivity contribution >= 4 is 11.7 Å². The zero-order valence-corrected chi connectivity index (χ0v) is 18.7. The van der Waals surface area contributed by atoms with Gasteiger partial charge in [-0.1, -0.05) is 30.3 Å². The summed E-state index contributed by atoms with van der Waals surface area (Å²) < 4.78 is 22.3. The summed E-state index contributed by atoms with van der Waals surface area (Å²) in [6.07, 6.45) is 0. The molecule has 0 amide bonds. The third-order valence-electron chi connectivity index (χ3n) is 4.95. The molecule has 4 aromatic carbocycles. The van der Waals surface area contributed by atoms with Crippen LogP contribution in [0.4, 0.5) is 5.69 Å². The molecule has 0 N–H and O–H groups in total. The largest absolute Gasteiger partial charge is 0.493 e. The molecule has 0 spiro atoms. The minimum atomic E-state index is -0.519. The lowest BCUT2D eigenvalue weighted by atomic mass is 10.1. The second kappa shape index (κ2) is 10.8. The lowest BCUT2D eigenvalue weighted by Gasteiger charge is -2.11. The first kappa shape index (κ1) is 23.3. The third kappa shape index (κ3) is 6.14. The van der Waals surface area contributed by atoms with Crippen LogP contribution in [0.5, 0.6) is 28.7 Å². The first-order valence-corrected chi connectivity index (χ1v) is 10.6. The van der Waals surface area contributed by atoms with Gasteiger partial charge in [-0.25, -0.2) is 4.79 Å². The van der Waals surface area contributed by atoms with Gasteiger partial charge in [-0.3, -0.25) is 10.1 Å². The van der Waals surface area contributed by atoms with E-state index in [9.17, 15) is 14.9 Å². The van der Waals surface area contributed by atoms with E-state index in [0.717, 1.165) is 5.56 Å². The van der Waals surface area contributed by atoms with Crippen molar-refractivity contribution < 1.29 is 28.7 Å². The van der Waals surface area contributed by atoms with E-state index in [1.165, 1.54) is 24.3 Å². The van der Waals surface area contributed by atoms with Crippen molar-refractivity contribution in [1.82, 2.24) is 0 Å². The van der Waals surface area contributed by atoms with Crippen LogP contribution in [0.15, 0.2) is 97.1 Å². The van der Waals surface area contributed by atoms with Gasteiger partial charge < -0.3 is 18.9 Å². The summed E-state index contributed by atoms with van der Waals surface area (Å²) in [5, 5.41) is 10.8. The van der Waals surface area contributed by atoms with Gasteiger partial charge in [0.2, 0.25) is 0 Å². The van der Waals surface area contributed by atoms with Crippen LogP contribution in [0.25, 0.3) is 0 Å². The first-order valence-electron chi connectivity index (χ1n) is 10.6. The molecule has 0 aliphatic rings. The van der Waals surface area contributed by atoms with Crippen LogP contribution in [0.2, 0.25) is 0 Å². The Bertz CT molecular complexity index is 1320. The van der Waals surface area contributed by atoms with E-state index in [0.29, 0.717) is 40.9 Å². The van der Waals surface area contributed by atoms with Gasteiger partial charge in [-0.15, -0.1) is 0 Å². The molecule has 4 rings (SSSR count). The van der Waals surface area contributed by atoms with Gasteiger partial charge in [0, 0.05) is 18.2 Å². The predicted octanol–water partition coefficient (Wildman–Crippen LogP) is 6.19. The zero-order valence-electron chi connectivity index (χ0n) is 18.7. The van der Waals surface area contributed by atoms with Crippen LogP contribution in [-0.2, 0) is 6.61 Å². The predicted molar refractivity (Wildman–Crippen MR) is 128 cm³/mol. The van der Waals surface area contributed by atoms with Crippen LogP contribution >= 0.6 is 0 Å². The summed E-state index contributed by atoms with van der Waals surface area (Å²) >= 11 is 0. The van der Waals surface area contributed by atoms with Crippen molar-refractivity contribution in [2.45, 2.75) is 6.61 Å². The van der Waals surface area contributed by atoms with Crippen molar-refractivity contribution in [3.8, 4) is 28.7 Å². The Labute approximate surface area is 201 Å². The quantitative estimate of drug-likeness (QED) is 0.124. The molecule has 0 unspecified atom stereocenters. The molecule has 8 heteroatoms. The highest BCUT2D eigenvalue weighted by molar-refractivity contribution is 5.91. The molecule has 0 atom stereocenters. The number of carbonyl (C=O) groups is 1. The molecule has 0 heterocycles. The zero-order chi connectivity index (χ0) is 24.6. The van der Waals surface area contributed by atoms with Crippen molar-refractivity contribution in [2.75, 3.05) is 7.11 Å². The minimum Gasteiger partial charge on any atom is -0.493 e. The number of nitrogens with zero attached hydrogens (tertiary/aromatic N) is 1. The maximum atomic E-state index is 12.6. The molecule has 35 heavy (non-hydrogen) atoms. The summed E-state index contributed by atoms with van der Waals surface area (Å²) in [4.78, 5) is 22.9. The molecule has 0 aliphatic heterocycles. The number of esters is 1. The van der Waals surface area contributed by atoms with Gasteiger partial charge in [0.05, 0.1) is 17.6 Å².